The molecule has 0 saturated heterocycles. The van der Waals surface area contributed by atoms with Gasteiger partial charge in [-0.15, -0.1) is 0 Å². The Morgan fingerprint density at radius 2 is 1.14 bits per heavy atom. The van der Waals surface area contributed by atoms with E-state index in [9.17, 15) is 0 Å². The molecule has 0 unspecified atom stereocenters. The molecular formula is C39H23N3O. The molecular weight excluding hydrogens is 526 g/mol. The molecule has 0 fully saturated rings. The van der Waals surface area contributed by atoms with Crippen LogP contribution >= 0.6 is 0 Å². The van der Waals surface area contributed by atoms with Crippen molar-refractivity contribution < 1.29 is 4.42 Å². The fourth-order valence-corrected chi connectivity index (χ4v) is 7.03. The van der Waals surface area contributed by atoms with Gasteiger partial charge >= 0.3 is 0 Å². The second-order valence-electron chi connectivity index (χ2n) is 11.2. The highest BCUT2D eigenvalue weighted by Crippen LogP contribution is 2.39. The molecule has 10 rings (SSSR count). The lowest BCUT2D eigenvalue weighted by Gasteiger charge is -2.12. The van der Waals surface area contributed by atoms with E-state index in [1.807, 2.05) is 12.1 Å². The van der Waals surface area contributed by atoms with Crippen LogP contribution in [0.25, 0.3) is 88.1 Å². The molecule has 0 amide bonds. The van der Waals surface area contributed by atoms with Crippen molar-refractivity contribution in [3.8, 4) is 16.8 Å². The van der Waals surface area contributed by atoms with Gasteiger partial charge in [0.15, 0.2) is 5.65 Å². The van der Waals surface area contributed by atoms with Gasteiger partial charge in [-0.2, -0.15) is 0 Å². The third kappa shape index (κ3) is 3.02. The topological polar surface area (TPSA) is 35.4 Å². The average molecular weight is 550 g/mol. The average Bonchev–Trinajstić information content (AvgIpc) is 3.74. The number of para-hydroxylation sites is 4. The van der Waals surface area contributed by atoms with Crippen molar-refractivity contribution in [2.24, 2.45) is 0 Å². The van der Waals surface area contributed by atoms with Crippen molar-refractivity contribution in [1.29, 1.82) is 0 Å². The molecule has 10 aromatic rings. The van der Waals surface area contributed by atoms with Gasteiger partial charge in [0.1, 0.15) is 22.3 Å². The van der Waals surface area contributed by atoms with E-state index in [4.69, 9.17) is 9.40 Å². The summed E-state index contributed by atoms with van der Waals surface area (Å²) in [4.78, 5) is 5.32. The molecule has 0 spiro atoms. The van der Waals surface area contributed by atoms with Crippen molar-refractivity contribution in [3.63, 3.8) is 0 Å². The molecule has 4 heterocycles. The molecule has 4 nitrogen and oxygen atoms in total. The number of pyridine rings is 1. The van der Waals surface area contributed by atoms with Gasteiger partial charge in [-0.3, -0.25) is 8.97 Å². The summed E-state index contributed by atoms with van der Waals surface area (Å²) in [5, 5.41) is 7.02. The number of furan rings is 1. The zero-order valence-electron chi connectivity index (χ0n) is 23.0. The van der Waals surface area contributed by atoms with E-state index in [1.54, 1.807) is 0 Å². The molecule has 4 aromatic heterocycles. The van der Waals surface area contributed by atoms with Gasteiger partial charge < -0.3 is 4.42 Å². The summed E-state index contributed by atoms with van der Waals surface area (Å²) in [7, 11) is 0. The number of aromatic nitrogens is 3. The first-order valence-electron chi connectivity index (χ1n) is 14.6. The van der Waals surface area contributed by atoms with Crippen LogP contribution in [0.4, 0.5) is 0 Å². The summed E-state index contributed by atoms with van der Waals surface area (Å²) in [6, 6.07) is 49.3. The number of rotatable bonds is 2. The summed E-state index contributed by atoms with van der Waals surface area (Å²) in [6.07, 6.45) is 0. The van der Waals surface area contributed by atoms with Crippen LogP contribution in [0.5, 0.6) is 0 Å². The van der Waals surface area contributed by atoms with Crippen molar-refractivity contribution in [2.75, 3.05) is 0 Å². The van der Waals surface area contributed by atoms with E-state index in [0.29, 0.717) is 0 Å². The summed E-state index contributed by atoms with van der Waals surface area (Å²) in [5.41, 5.74) is 10.5. The number of imidazole rings is 1. The first-order chi connectivity index (χ1) is 21.3. The summed E-state index contributed by atoms with van der Waals surface area (Å²) in [5.74, 6) is 0. The molecule has 0 aliphatic rings. The maximum Gasteiger partial charge on any atom is 0.151 e. The standard InChI is InChI=1S/C39H23N3O/c1-2-13-31-27(10-1)28-11-3-6-17-33(28)42-38(31)40-36-32-14-4-7-18-34(32)41(39(36)42)25-22-20-24(21-23-25)26-15-9-16-30-29-12-5-8-19-35(29)43-37(26)30/h1-23H. The largest absolute Gasteiger partial charge is 0.455 e. The predicted molar refractivity (Wildman–Crippen MR) is 177 cm³/mol. The Balaban J connectivity index is 1.26. The third-order valence-electron chi connectivity index (χ3n) is 8.91. The van der Waals surface area contributed by atoms with Crippen molar-refractivity contribution in [3.05, 3.63) is 140 Å². The lowest BCUT2D eigenvalue weighted by atomic mass is 10.0. The van der Waals surface area contributed by atoms with Crippen molar-refractivity contribution in [1.82, 2.24) is 14.0 Å². The molecule has 0 bridgehead atoms. The molecule has 0 saturated carbocycles. The Kier molecular flexibility index (Phi) is 4.42. The minimum Gasteiger partial charge on any atom is -0.455 e. The molecule has 0 atom stereocenters. The van der Waals surface area contributed by atoms with Gasteiger partial charge in [0.2, 0.25) is 0 Å². The normalized spacial score (nSPS) is 12.2. The van der Waals surface area contributed by atoms with E-state index < -0.39 is 0 Å². The Bertz CT molecular complexity index is 2720. The fourth-order valence-electron chi connectivity index (χ4n) is 7.03. The van der Waals surface area contributed by atoms with Crippen molar-refractivity contribution >= 4 is 71.3 Å². The first-order valence-corrected chi connectivity index (χ1v) is 14.6. The van der Waals surface area contributed by atoms with Crippen LogP contribution in [0.2, 0.25) is 0 Å². The highest BCUT2D eigenvalue weighted by molar-refractivity contribution is 6.17. The van der Waals surface area contributed by atoms with Gasteiger partial charge in [0.05, 0.1) is 11.0 Å². The highest BCUT2D eigenvalue weighted by atomic mass is 16.3. The number of hydrogen-bond acceptors (Lipinski definition) is 2. The van der Waals surface area contributed by atoms with Gasteiger partial charge in [0, 0.05) is 38.2 Å². The van der Waals surface area contributed by atoms with E-state index >= 15 is 0 Å². The third-order valence-corrected chi connectivity index (χ3v) is 8.91. The summed E-state index contributed by atoms with van der Waals surface area (Å²) in [6.45, 7) is 0. The molecule has 0 radical (unpaired) electrons. The number of nitrogens with zero attached hydrogens (tertiary/aromatic N) is 3. The lowest BCUT2D eigenvalue weighted by Crippen LogP contribution is -1.99. The SMILES string of the molecule is c1ccc2c(c1)oc1c(-c3ccc(-n4c5ccccc5c5nc6c7ccccc7c7ccccc7n6c54)cc3)cccc12. The first kappa shape index (κ1) is 22.8. The maximum atomic E-state index is 6.35. The maximum absolute atomic E-state index is 6.35. The second-order valence-corrected chi connectivity index (χ2v) is 11.2. The van der Waals surface area contributed by atoms with Gasteiger partial charge in [-0.05, 0) is 41.3 Å². The smallest absolute Gasteiger partial charge is 0.151 e. The van der Waals surface area contributed by atoms with Crippen LogP contribution in [0.1, 0.15) is 0 Å². The Morgan fingerprint density at radius 1 is 0.488 bits per heavy atom. The van der Waals surface area contributed by atoms with Crippen LogP contribution in [0, 0.1) is 0 Å². The molecule has 4 heteroatoms. The number of fused-ring (bicyclic) bond motifs is 13. The van der Waals surface area contributed by atoms with Crippen LogP contribution in [-0.4, -0.2) is 14.0 Å². The second kappa shape index (κ2) is 8.34. The minimum absolute atomic E-state index is 0.912. The molecule has 6 aromatic carbocycles. The quantitative estimate of drug-likeness (QED) is 0.201. The molecule has 0 aliphatic heterocycles. The van der Waals surface area contributed by atoms with Crippen LogP contribution in [-0.2, 0) is 0 Å². The molecule has 43 heavy (non-hydrogen) atoms. The highest BCUT2D eigenvalue weighted by Gasteiger charge is 2.21. The van der Waals surface area contributed by atoms with E-state index in [2.05, 4.69) is 136 Å². The molecule has 0 N–H and O–H groups in total. The van der Waals surface area contributed by atoms with E-state index in [0.717, 1.165) is 77.4 Å². The van der Waals surface area contributed by atoms with Crippen LogP contribution < -0.4 is 0 Å². The zero-order valence-corrected chi connectivity index (χ0v) is 23.0. The van der Waals surface area contributed by atoms with Crippen LogP contribution in [0.15, 0.2) is 144 Å². The number of hydrogen-bond donors (Lipinski definition) is 0. The van der Waals surface area contributed by atoms with Gasteiger partial charge in [-0.25, -0.2) is 4.98 Å². The molecule has 200 valence electrons. The lowest BCUT2D eigenvalue weighted by molar-refractivity contribution is 0.670. The molecule has 0 aliphatic carbocycles. The summed E-state index contributed by atoms with van der Waals surface area (Å²) < 4.78 is 11.1. The Labute approximate surface area is 245 Å². The van der Waals surface area contributed by atoms with E-state index in [1.165, 1.54) is 10.8 Å². The van der Waals surface area contributed by atoms with E-state index in [-0.39, 0.29) is 0 Å². The monoisotopic (exact) mass is 549 g/mol. The minimum atomic E-state index is 0.912. The predicted octanol–water partition coefficient (Wildman–Crippen LogP) is 10.3. The fraction of sp³-hybridized carbons (Fsp3) is 0. The van der Waals surface area contributed by atoms with Crippen LogP contribution in [0.3, 0.4) is 0 Å². The summed E-state index contributed by atoms with van der Waals surface area (Å²) >= 11 is 0. The van der Waals surface area contributed by atoms with Gasteiger partial charge in [0.25, 0.3) is 0 Å². The number of benzene rings is 6. The van der Waals surface area contributed by atoms with Gasteiger partial charge in [-0.1, -0.05) is 109 Å². The zero-order chi connectivity index (χ0) is 28.1. The Morgan fingerprint density at radius 3 is 1.98 bits per heavy atom. The Hall–Kier alpha value is -5.87. The van der Waals surface area contributed by atoms with Crippen molar-refractivity contribution in [2.45, 2.75) is 0 Å².